The van der Waals surface area contributed by atoms with Gasteiger partial charge in [0, 0.05) is 36.1 Å². The van der Waals surface area contributed by atoms with E-state index in [1.54, 1.807) is 48.7 Å². The van der Waals surface area contributed by atoms with Gasteiger partial charge in [-0.1, -0.05) is 24.3 Å². The predicted octanol–water partition coefficient (Wildman–Crippen LogP) is 1.84. The highest BCUT2D eigenvalue weighted by atomic mass is 32.2. The molecule has 0 bridgehead atoms. The zero-order chi connectivity index (χ0) is 20.4. The SMILES string of the molecule is O=C(CCn1cnc2ccccc2c1=O)NS(=O)(=O)c1cccc2cnccc12. The number of nitrogens with zero attached hydrogens (tertiary/aromatic N) is 3. The van der Waals surface area contributed by atoms with Crippen LogP contribution < -0.4 is 10.3 Å². The van der Waals surface area contributed by atoms with Crippen LogP contribution in [0.4, 0.5) is 0 Å². The minimum absolute atomic E-state index is 0.00436. The summed E-state index contributed by atoms with van der Waals surface area (Å²) in [5, 5.41) is 1.56. The van der Waals surface area contributed by atoms with Crippen LogP contribution >= 0.6 is 0 Å². The second-order valence-corrected chi connectivity index (χ2v) is 8.04. The summed E-state index contributed by atoms with van der Waals surface area (Å²) in [6.45, 7) is 0.0114. The van der Waals surface area contributed by atoms with Gasteiger partial charge in [-0.05, 0) is 24.3 Å². The number of carbonyl (C=O) groups excluding carboxylic acids is 1. The standard InChI is InChI=1S/C20H16N4O4S/c25-19(9-11-24-13-22-17-6-2-1-5-16(17)20(24)26)23-29(27,28)18-7-3-4-14-12-21-10-8-15(14)18/h1-8,10,12-13H,9,11H2,(H,23,25). The summed E-state index contributed by atoms with van der Waals surface area (Å²) in [6.07, 6.45) is 4.20. The molecule has 0 saturated carbocycles. The van der Waals surface area contributed by atoms with Crippen LogP contribution in [0.15, 0.2) is 76.9 Å². The quantitative estimate of drug-likeness (QED) is 0.539. The van der Waals surface area contributed by atoms with Crippen LogP contribution in [-0.4, -0.2) is 28.9 Å². The van der Waals surface area contributed by atoms with Crippen molar-refractivity contribution in [1.82, 2.24) is 19.3 Å². The predicted molar refractivity (Wildman–Crippen MR) is 108 cm³/mol. The Morgan fingerprint density at radius 3 is 2.72 bits per heavy atom. The average molecular weight is 408 g/mol. The molecule has 2 heterocycles. The number of nitrogens with one attached hydrogen (secondary N) is 1. The molecule has 29 heavy (non-hydrogen) atoms. The molecular formula is C20H16N4O4S. The van der Waals surface area contributed by atoms with E-state index in [4.69, 9.17) is 0 Å². The number of aromatic nitrogens is 3. The number of benzene rings is 2. The molecule has 146 valence electrons. The van der Waals surface area contributed by atoms with Crippen molar-refractivity contribution in [3.05, 3.63) is 77.6 Å². The van der Waals surface area contributed by atoms with Gasteiger partial charge < -0.3 is 0 Å². The molecule has 2 aromatic heterocycles. The van der Waals surface area contributed by atoms with E-state index in [9.17, 15) is 18.0 Å². The maximum Gasteiger partial charge on any atom is 0.264 e. The van der Waals surface area contributed by atoms with Crippen LogP contribution in [0.5, 0.6) is 0 Å². The number of pyridine rings is 1. The Hall–Kier alpha value is -3.59. The highest BCUT2D eigenvalue weighted by Gasteiger charge is 2.20. The van der Waals surface area contributed by atoms with Gasteiger partial charge in [0.15, 0.2) is 0 Å². The molecule has 0 fully saturated rings. The van der Waals surface area contributed by atoms with Gasteiger partial charge >= 0.3 is 0 Å². The first-order valence-electron chi connectivity index (χ1n) is 8.78. The van der Waals surface area contributed by atoms with Crippen LogP contribution in [0, 0.1) is 0 Å². The van der Waals surface area contributed by atoms with Crippen molar-refractivity contribution in [3.63, 3.8) is 0 Å². The summed E-state index contributed by atoms with van der Waals surface area (Å²) in [4.78, 5) is 32.9. The number of carbonyl (C=O) groups is 1. The number of rotatable bonds is 5. The third-order valence-corrected chi connectivity index (χ3v) is 5.92. The molecule has 0 aliphatic carbocycles. The van der Waals surface area contributed by atoms with Crippen LogP contribution in [0.1, 0.15) is 6.42 Å². The molecular weight excluding hydrogens is 392 g/mol. The van der Waals surface area contributed by atoms with Crippen LogP contribution in [0.3, 0.4) is 0 Å². The van der Waals surface area contributed by atoms with E-state index in [1.165, 1.54) is 23.2 Å². The minimum Gasteiger partial charge on any atom is -0.298 e. The summed E-state index contributed by atoms with van der Waals surface area (Å²) in [5.41, 5.74) is 0.277. The summed E-state index contributed by atoms with van der Waals surface area (Å²) >= 11 is 0. The number of hydrogen-bond acceptors (Lipinski definition) is 6. The lowest BCUT2D eigenvalue weighted by molar-refractivity contribution is -0.119. The number of sulfonamides is 1. The molecule has 4 aromatic rings. The van der Waals surface area contributed by atoms with Gasteiger partial charge in [0.05, 0.1) is 22.1 Å². The van der Waals surface area contributed by atoms with Crippen molar-refractivity contribution in [1.29, 1.82) is 0 Å². The molecule has 0 saturated heterocycles. The van der Waals surface area contributed by atoms with E-state index in [0.29, 0.717) is 21.7 Å². The number of hydrogen-bond donors (Lipinski definition) is 1. The van der Waals surface area contributed by atoms with Gasteiger partial charge in [0.1, 0.15) is 0 Å². The summed E-state index contributed by atoms with van der Waals surface area (Å²) < 4.78 is 28.7. The first kappa shape index (κ1) is 18.8. The van der Waals surface area contributed by atoms with Crippen molar-refractivity contribution in [2.45, 2.75) is 17.9 Å². The molecule has 8 nitrogen and oxygen atoms in total. The number of fused-ring (bicyclic) bond motifs is 2. The van der Waals surface area contributed by atoms with Gasteiger partial charge in [-0.25, -0.2) is 18.1 Å². The fraction of sp³-hybridized carbons (Fsp3) is 0.100. The monoisotopic (exact) mass is 408 g/mol. The zero-order valence-electron chi connectivity index (χ0n) is 15.1. The van der Waals surface area contributed by atoms with Crippen molar-refractivity contribution in [2.24, 2.45) is 0 Å². The van der Waals surface area contributed by atoms with Crippen LogP contribution in [0.25, 0.3) is 21.7 Å². The Kier molecular flexibility index (Phi) is 4.81. The Balaban J connectivity index is 1.52. The fourth-order valence-electron chi connectivity index (χ4n) is 3.07. The van der Waals surface area contributed by atoms with Gasteiger partial charge in [0.25, 0.3) is 15.6 Å². The van der Waals surface area contributed by atoms with E-state index < -0.39 is 15.9 Å². The minimum atomic E-state index is -4.07. The molecule has 0 spiro atoms. The lowest BCUT2D eigenvalue weighted by atomic mass is 10.2. The maximum absolute atomic E-state index is 12.7. The van der Waals surface area contributed by atoms with E-state index in [2.05, 4.69) is 14.7 Å². The van der Waals surface area contributed by atoms with E-state index >= 15 is 0 Å². The Morgan fingerprint density at radius 2 is 1.86 bits per heavy atom. The first-order valence-corrected chi connectivity index (χ1v) is 10.3. The van der Waals surface area contributed by atoms with Crippen molar-refractivity contribution in [2.75, 3.05) is 0 Å². The molecule has 4 rings (SSSR count). The maximum atomic E-state index is 12.7. The topological polar surface area (TPSA) is 111 Å². The molecule has 0 atom stereocenters. The Labute approximate surface area is 165 Å². The van der Waals surface area contributed by atoms with E-state index in [0.717, 1.165) is 0 Å². The lowest BCUT2D eigenvalue weighted by Crippen LogP contribution is -2.32. The molecule has 9 heteroatoms. The third kappa shape index (κ3) is 3.72. The van der Waals surface area contributed by atoms with Crippen molar-refractivity contribution in [3.8, 4) is 0 Å². The molecule has 0 aliphatic rings. The van der Waals surface area contributed by atoms with Crippen LogP contribution in [-0.2, 0) is 21.4 Å². The number of aryl methyl sites for hydroxylation is 1. The van der Waals surface area contributed by atoms with Gasteiger partial charge in [-0.3, -0.25) is 19.1 Å². The second kappa shape index (κ2) is 7.44. The highest BCUT2D eigenvalue weighted by Crippen LogP contribution is 2.21. The Morgan fingerprint density at radius 1 is 1.03 bits per heavy atom. The molecule has 0 aliphatic heterocycles. The first-order chi connectivity index (χ1) is 14.0. The second-order valence-electron chi connectivity index (χ2n) is 6.39. The van der Waals surface area contributed by atoms with Gasteiger partial charge in [0.2, 0.25) is 5.91 Å². The van der Waals surface area contributed by atoms with E-state index in [1.807, 2.05) is 0 Å². The summed E-state index contributed by atoms with van der Waals surface area (Å²) in [5.74, 6) is -0.712. The van der Waals surface area contributed by atoms with Crippen LogP contribution in [0.2, 0.25) is 0 Å². The molecule has 0 radical (unpaired) electrons. The van der Waals surface area contributed by atoms with E-state index in [-0.39, 0.29) is 23.4 Å². The molecule has 1 amide bonds. The zero-order valence-corrected chi connectivity index (χ0v) is 16.0. The third-order valence-electron chi connectivity index (χ3n) is 4.49. The molecule has 0 unspecified atom stereocenters. The van der Waals surface area contributed by atoms with Crippen molar-refractivity contribution >= 4 is 37.6 Å². The Bertz CT molecular complexity index is 1390. The lowest BCUT2D eigenvalue weighted by Gasteiger charge is -2.10. The summed E-state index contributed by atoms with van der Waals surface area (Å²) in [6, 6.07) is 13.2. The largest absolute Gasteiger partial charge is 0.298 e. The summed E-state index contributed by atoms with van der Waals surface area (Å²) in [7, 11) is -4.07. The highest BCUT2D eigenvalue weighted by molar-refractivity contribution is 7.90. The van der Waals surface area contributed by atoms with Gasteiger partial charge in [-0.15, -0.1) is 0 Å². The number of amides is 1. The van der Waals surface area contributed by atoms with Crippen molar-refractivity contribution < 1.29 is 13.2 Å². The molecule has 2 aromatic carbocycles. The normalized spacial score (nSPS) is 11.6. The molecule has 1 N–H and O–H groups in total. The smallest absolute Gasteiger partial charge is 0.264 e. The number of para-hydroxylation sites is 1. The average Bonchev–Trinajstić information content (AvgIpc) is 2.72. The fourth-order valence-corrected chi connectivity index (χ4v) is 4.32. The van der Waals surface area contributed by atoms with Gasteiger partial charge in [-0.2, -0.15) is 0 Å².